The number of benzene rings is 2. The number of sulfonamides is 1. The zero-order chi connectivity index (χ0) is 31.9. The van der Waals surface area contributed by atoms with Crippen molar-refractivity contribution in [2.24, 2.45) is 0 Å². The molecule has 3 saturated heterocycles. The summed E-state index contributed by atoms with van der Waals surface area (Å²) in [5.74, 6) is -1.33. The molecule has 0 N–H and O–H groups in total. The highest BCUT2D eigenvalue weighted by Gasteiger charge is 2.47. The molecule has 2 amide bonds. The van der Waals surface area contributed by atoms with Crippen molar-refractivity contribution < 1.29 is 26.4 Å². The second-order valence-electron chi connectivity index (χ2n) is 11.7. The number of aromatic nitrogens is 1. The fourth-order valence-electron chi connectivity index (χ4n) is 6.37. The van der Waals surface area contributed by atoms with Gasteiger partial charge in [-0.15, -0.1) is 12.4 Å². The highest BCUT2D eigenvalue weighted by Crippen LogP contribution is 2.29. The summed E-state index contributed by atoms with van der Waals surface area (Å²) in [6.07, 6.45) is 4.92. The van der Waals surface area contributed by atoms with Crippen molar-refractivity contribution in [2.75, 3.05) is 62.7 Å². The van der Waals surface area contributed by atoms with E-state index in [1.807, 2.05) is 12.1 Å². The number of hydrazine groups is 1. The number of hydrogen-bond acceptors (Lipinski definition) is 9. The first kappa shape index (κ1) is 34.3. The number of carbonyl (C=O) groups excluding carboxylic acids is 2. The third-order valence-electron chi connectivity index (χ3n) is 8.95. The number of carbonyl (C=O) groups is 2. The van der Waals surface area contributed by atoms with Crippen LogP contribution in [0.15, 0.2) is 65.8 Å². The second kappa shape index (κ2) is 13.6. The Morgan fingerprint density at radius 3 is 2.26 bits per heavy atom. The van der Waals surface area contributed by atoms with Crippen LogP contribution in [0.2, 0.25) is 5.02 Å². The number of pyridine rings is 1. The Labute approximate surface area is 280 Å². The molecule has 4 heterocycles. The molecule has 46 heavy (non-hydrogen) atoms. The lowest BCUT2D eigenvalue weighted by Gasteiger charge is -2.49. The highest BCUT2D eigenvalue weighted by atomic mass is 35.5. The molecular weight excluding hydrogens is 675 g/mol. The maximum Gasteiger partial charge on any atom is 0.252 e. The van der Waals surface area contributed by atoms with E-state index in [2.05, 4.69) is 9.88 Å². The van der Waals surface area contributed by atoms with E-state index in [0.717, 1.165) is 28.5 Å². The number of piperazine rings is 1. The predicted octanol–water partition coefficient (Wildman–Crippen LogP) is 2.28. The molecule has 0 bridgehead atoms. The Kier molecular flexibility index (Phi) is 10.2. The van der Waals surface area contributed by atoms with E-state index < -0.39 is 44.3 Å². The Morgan fingerprint density at radius 1 is 0.957 bits per heavy atom. The van der Waals surface area contributed by atoms with Gasteiger partial charge in [0.2, 0.25) is 15.9 Å². The Balaban J connectivity index is 0.00000417. The lowest BCUT2D eigenvalue weighted by molar-refractivity contribution is -0.174. The van der Waals surface area contributed by atoms with Gasteiger partial charge in [0.15, 0.2) is 9.84 Å². The van der Waals surface area contributed by atoms with Crippen LogP contribution in [0, 0.1) is 0 Å². The molecule has 16 heteroatoms. The molecule has 3 aliphatic heterocycles. The molecule has 0 saturated carbocycles. The lowest BCUT2D eigenvalue weighted by Crippen LogP contribution is -2.68. The molecule has 3 aliphatic rings. The number of piperidine rings is 1. The minimum Gasteiger partial charge on any atom is -0.371 e. The summed E-state index contributed by atoms with van der Waals surface area (Å²) >= 11 is 6.10. The first-order chi connectivity index (χ1) is 21.4. The number of fused-ring (bicyclic) bond motifs is 1. The second-order valence-corrected chi connectivity index (χ2v) is 16.4. The molecule has 3 aromatic rings. The van der Waals surface area contributed by atoms with Gasteiger partial charge in [-0.2, -0.15) is 4.31 Å². The van der Waals surface area contributed by atoms with Gasteiger partial charge in [0.1, 0.15) is 6.04 Å². The molecule has 1 unspecified atom stereocenters. The number of anilines is 1. The first-order valence-corrected chi connectivity index (χ1v) is 18.5. The molecule has 1 atom stereocenters. The van der Waals surface area contributed by atoms with Crippen molar-refractivity contribution in [3.63, 3.8) is 0 Å². The number of hydrogen-bond donors (Lipinski definition) is 0. The van der Waals surface area contributed by atoms with Gasteiger partial charge in [-0.25, -0.2) is 21.8 Å². The standard InChI is InChI=1S/C30H35ClN6O6S2.ClH/c1-33(25-8-12-34(13-9-25)26-6-10-32-11-7-26)37-28(30(39)35-14-16-44(40,41)17-15-35)20-36(21-29(37)38)45(42,43)27-5-3-22-18-24(31)4-2-23(22)19-27;/h2-7,10-11,18-19,25,28H,8-9,12-17,20-21H2,1H3;1H. The molecule has 0 aliphatic carbocycles. The van der Waals surface area contributed by atoms with Crippen molar-refractivity contribution in [1.29, 1.82) is 0 Å². The number of rotatable bonds is 6. The van der Waals surface area contributed by atoms with Gasteiger partial charge in [0, 0.05) is 68.9 Å². The van der Waals surface area contributed by atoms with Crippen molar-refractivity contribution in [2.45, 2.75) is 29.8 Å². The van der Waals surface area contributed by atoms with Crippen LogP contribution in [0.25, 0.3) is 10.8 Å². The summed E-state index contributed by atoms with van der Waals surface area (Å²) in [7, 11) is -5.66. The smallest absolute Gasteiger partial charge is 0.252 e. The van der Waals surface area contributed by atoms with E-state index in [0.29, 0.717) is 23.3 Å². The van der Waals surface area contributed by atoms with Gasteiger partial charge in [-0.3, -0.25) is 19.6 Å². The highest BCUT2D eigenvalue weighted by molar-refractivity contribution is 7.91. The van der Waals surface area contributed by atoms with Crippen LogP contribution in [0.4, 0.5) is 5.69 Å². The van der Waals surface area contributed by atoms with Gasteiger partial charge in [-0.1, -0.05) is 23.7 Å². The molecule has 6 rings (SSSR count). The van der Waals surface area contributed by atoms with E-state index in [1.54, 1.807) is 48.7 Å². The van der Waals surface area contributed by atoms with Crippen LogP contribution in [0.3, 0.4) is 0 Å². The van der Waals surface area contributed by atoms with Gasteiger partial charge in [-0.05, 0) is 60.0 Å². The maximum atomic E-state index is 14.0. The summed E-state index contributed by atoms with van der Waals surface area (Å²) in [4.78, 5) is 35.7. The number of sulfone groups is 1. The van der Waals surface area contributed by atoms with Gasteiger partial charge in [0.25, 0.3) is 5.91 Å². The summed E-state index contributed by atoms with van der Waals surface area (Å²) in [6, 6.07) is 12.5. The van der Waals surface area contributed by atoms with Crippen LogP contribution in [0.5, 0.6) is 0 Å². The minimum absolute atomic E-state index is 0. The van der Waals surface area contributed by atoms with Crippen molar-refractivity contribution in [3.05, 3.63) is 65.9 Å². The molecule has 3 fully saturated rings. The zero-order valence-electron chi connectivity index (χ0n) is 25.2. The van der Waals surface area contributed by atoms with E-state index in [-0.39, 0.29) is 54.5 Å². The largest absolute Gasteiger partial charge is 0.371 e. The maximum absolute atomic E-state index is 14.0. The summed E-state index contributed by atoms with van der Waals surface area (Å²) in [5, 5.41) is 5.17. The van der Waals surface area contributed by atoms with Crippen molar-refractivity contribution in [3.8, 4) is 0 Å². The van der Waals surface area contributed by atoms with Crippen LogP contribution in [0.1, 0.15) is 12.8 Å². The van der Waals surface area contributed by atoms with Crippen LogP contribution in [-0.2, 0) is 29.4 Å². The predicted molar refractivity (Wildman–Crippen MR) is 178 cm³/mol. The van der Waals surface area contributed by atoms with E-state index >= 15 is 0 Å². The van der Waals surface area contributed by atoms with Crippen LogP contribution < -0.4 is 4.90 Å². The number of amides is 2. The summed E-state index contributed by atoms with van der Waals surface area (Å²) in [6.45, 7) is 0.768. The minimum atomic E-state index is -4.17. The Bertz CT molecular complexity index is 1810. The third kappa shape index (κ3) is 6.97. The normalized spacial score (nSPS) is 21.4. The molecular formula is C30H36Cl2N6O6S2. The average molecular weight is 712 g/mol. The Morgan fingerprint density at radius 2 is 1.59 bits per heavy atom. The van der Waals surface area contributed by atoms with E-state index in [9.17, 15) is 26.4 Å². The molecule has 0 spiro atoms. The van der Waals surface area contributed by atoms with Crippen LogP contribution in [-0.4, -0.2) is 123 Å². The molecule has 12 nitrogen and oxygen atoms in total. The molecule has 2 aromatic carbocycles. The van der Waals surface area contributed by atoms with Gasteiger partial charge in [0.05, 0.1) is 22.9 Å². The Hall–Kier alpha value is -3.01. The zero-order valence-corrected chi connectivity index (χ0v) is 28.4. The fraction of sp³-hybridized carbons (Fsp3) is 0.433. The summed E-state index contributed by atoms with van der Waals surface area (Å²) in [5.41, 5.74) is 1.06. The topological polar surface area (TPSA) is 132 Å². The monoisotopic (exact) mass is 710 g/mol. The van der Waals surface area contributed by atoms with Crippen molar-refractivity contribution >= 4 is 72.1 Å². The van der Waals surface area contributed by atoms with E-state index in [1.165, 1.54) is 22.0 Å². The van der Waals surface area contributed by atoms with Gasteiger partial charge >= 0.3 is 0 Å². The molecule has 0 radical (unpaired) electrons. The number of halogens is 2. The lowest BCUT2D eigenvalue weighted by atomic mass is 10.0. The first-order valence-electron chi connectivity index (χ1n) is 14.8. The summed E-state index contributed by atoms with van der Waals surface area (Å²) < 4.78 is 53.1. The van der Waals surface area contributed by atoms with Crippen LogP contribution >= 0.6 is 24.0 Å². The molecule has 1 aromatic heterocycles. The average Bonchev–Trinajstić information content (AvgIpc) is 3.04. The fourth-order valence-corrected chi connectivity index (χ4v) is 9.18. The van der Waals surface area contributed by atoms with Crippen molar-refractivity contribution in [1.82, 2.24) is 24.2 Å². The SMILES string of the molecule is CN(C1CCN(c2ccncc2)CC1)N1C(=O)CN(S(=O)(=O)c2ccc3cc(Cl)ccc3c2)CC1C(=O)N1CCS(=O)(=O)CC1.Cl. The molecule has 248 valence electrons. The van der Waals surface area contributed by atoms with Gasteiger partial charge < -0.3 is 9.80 Å². The third-order valence-corrected chi connectivity index (χ3v) is 12.6. The number of nitrogens with zero attached hydrogens (tertiary/aromatic N) is 6. The van der Waals surface area contributed by atoms with E-state index in [4.69, 9.17) is 11.6 Å². The quantitative estimate of drug-likeness (QED) is 0.378.